The molecule has 5 atom stereocenters. The van der Waals surface area contributed by atoms with Crippen LogP contribution in [0.25, 0.3) is 0 Å². The van der Waals surface area contributed by atoms with Crippen molar-refractivity contribution in [2.75, 3.05) is 6.61 Å². The molecule has 0 radical (unpaired) electrons. The van der Waals surface area contributed by atoms with Gasteiger partial charge in [-0.1, -0.05) is 13.0 Å². The van der Waals surface area contributed by atoms with Crippen molar-refractivity contribution in [3.63, 3.8) is 0 Å². The molecule has 1 fully saturated rings. The Morgan fingerprint density at radius 2 is 1.57 bits per heavy atom. The van der Waals surface area contributed by atoms with Crippen LogP contribution in [-0.4, -0.2) is 48.9 Å². The van der Waals surface area contributed by atoms with Gasteiger partial charge in [-0.2, -0.15) is 0 Å². The maximum absolute atomic E-state index is 11.4. The standard InChI is InChI=1S/C16H24O7/c1-6-7-13-9(2)15(21-11(4)18)16(22-12(5)19)14(23-13)8-20-10(3)17/h6,9,13-16H,1,7-8H2,2-5H3/t9-,13-,14-,15-,16-/m1/s1. The van der Waals surface area contributed by atoms with E-state index in [0.29, 0.717) is 6.42 Å². The van der Waals surface area contributed by atoms with E-state index >= 15 is 0 Å². The molecule has 0 aliphatic carbocycles. The normalized spacial score (nSPS) is 30.2. The third-order valence-electron chi connectivity index (χ3n) is 3.60. The molecular weight excluding hydrogens is 304 g/mol. The summed E-state index contributed by atoms with van der Waals surface area (Å²) in [5.74, 6) is -1.70. The highest BCUT2D eigenvalue weighted by atomic mass is 16.6. The highest BCUT2D eigenvalue weighted by molar-refractivity contribution is 5.67. The van der Waals surface area contributed by atoms with Crippen LogP contribution in [0.15, 0.2) is 12.7 Å². The number of carbonyl (C=O) groups excluding carboxylic acids is 3. The summed E-state index contributed by atoms with van der Waals surface area (Å²) in [6.07, 6.45) is -0.302. The highest BCUT2D eigenvalue weighted by Crippen LogP contribution is 2.32. The second kappa shape index (κ2) is 8.67. The van der Waals surface area contributed by atoms with Gasteiger partial charge in [-0.25, -0.2) is 0 Å². The van der Waals surface area contributed by atoms with Gasteiger partial charge in [-0.05, 0) is 6.42 Å². The molecule has 1 heterocycles. The Hall–Kier alpha value is -1.89. The van der Waals surface area contributed by atoms with E-state index in [4.69, 9.17) is 18.9 Å². The van der Waals surface area contributed by atoms with Gasteiger partial charge in [-0.3, -0.25) is 14.4 Å². The first-order valence-electron chi connectivity index (χ1n) is 7.50. The third kappa shape index (κ3) is 5.67. The number of ether oxygens (including phenoxy) is 4. The van der Waals surface area contributed by atoms with Gasteiger partial charge >= 0.3 is 17.9 Å². The van der Waals surface area contributed by atoms with Crippen molar-refractivity contribution in [3.05, 3.63) is 12.7 Å². The molecule has 0 aromatic heterocycles. The molecule has 23 heavy (non-hydrogen) atoms. The maximum atomic E-state index is 11.4. The lowest BCUT2D eigenvalue weighted by molar-refractivity contribution is -0.230. The molecule has 7 heteroatoms. The summed E-state index contributed by atoms with van der Waals surface area (Å²) in [4.78, 5) is 33.9. The molecule has 7 nitrogen and oxygen atoms in total. The molecule has 0 N–H and O–H groups in total. The smallest absolute Gasteiger partial charge is 0.303 e. The Labute approximate surface area is 135 Å². The monoisotopic (exact) mass is 328 g/mol. The Bertz CT molecular complexity index is 459. The van der Waals surface area contributed by atoms with E-state index in [-0.39, 0.29) is 18.6 Å². The molecule has 0 spiro atoms. The highest BCUT2D eigenvalue weighted by Gasteiger charge is 2.47. The molecule has 0 saturated carbocycles. The third-order valence-corrected chi connectivity index (χ3v) is 3.60. The van der Waals surface area contributed by atoms with E-state index in [1.807, 2.05) is 6.92 Å². The van der Waals surface area contributed by atoms with Crippen LogP contribution in [0.4, 0.5) is 0 Å². The molecule has 0 unspecified atom stereocenters. The number of rotatable bonds is 6. The average molecular weight is 328 g/mol. The molecule has 0 amide bonds. The molecule has 1 saturated heterocycles. The van der Waals surface area contributed by atoms with Gasteiger partial charge < -0.3 is 18.9 Å². The summed E-state index contributed by atoms with van der Waals surface area (Å²) in [5, 5.41) is 0. The van der Waals surface area contributed by atoms with Crippen LogP contribution in [0.3, 0.4) is 0 Å². The van der Waals surface area contributed by atoms with Gasteiger partial charge in [0, 0.05) is 26.7 Å². The summed E-state index contributed by atoms with van der Waals surface area (Å²) >= 11 is 0. The number of carbonyl (C=O) groups is 3. The lowest BCUT2D eigenvalue weighted by Gasteiger charge is -2.44. The summed E-state index contributed by atoms with van der Waals surface area (Å²) in [5.41, 5.74) is 0. The van der Waals surface area contributed by atoms with Crippen molar-refractivity contribution in [2.45, 2.75) is 58.5 Å². The average Bonchev–Trinajstić information content (AvgIpc) is 2.43. The van der Waals surface area contributed by atoms with Crippen LogP contribution < -0.4 is 0 Å². The summed E-state index contributed by atoms with van der Waals surface area (Å²) in [6, 6.07) is 0. The largest absolute Gasteiger partial charge is 0.463 e. The summed E-state index contributed by atoms with van der Waals surface area (Å²) < 4.78 is 21.5. The van der Waals surface area contributed by atoms with Crippen molar-refractivity contribution in [1.29, 1.82) is 0 Å². The molecule has 1 aliphatic rings. The first kappa shape index (κ1) is 19.2. The van der Waals surface area contributed by atoms with Gasteiger partial charge in [0.25, 0.3) is 0 Å². The van der Waals surface area contributed by atoms with Crippen LogP contribution in [-0.2, 0) is 33.3 Å². The van der Waals surface area contributed by atoms with Crippen molar-refractivity contribution in [2.24, 2.45) is 5.92 Å². The number of hydrogen-bond donors (Lipinski definition) is 0. The van der Waals surface area contributed by atoms with E-state index in [9.17, 15) is 14.4 Å². The SMILES string of the molecule is C=CC[C@H]1O[C@H](COC(C)=O)[C@@H](OC(C)=O)[C@H](OC(C)=O)[C@@H]1C. The molecule has 0 bridgehead atoms. The Morgan fingerprint density at radius 3 is 2.04 bits per heavy atom. The predicted octanol–water partition coefficient (Wildman–Crippen LogP) is 1.39. The molecule has 1 rings (SSSR count). The van der Waals surface area contributed by atoms with E-state index in [1.54, 1.807) is 6.08 Å². The maximum Gasteiger partial charge on any atom is 0.303 e. The zero-order valence-electron chi connectivity index (χ0n) is 13.9. The Morgan fingerprint density at radius 1 is 1.00 bits per heavy atom. The lowest BCUT2D eigenvalue weighted by Crippen LogP contribution is -2.57. The minimum Gasteiger partial charge on any atom is -0.463 e. The van der Waals surface area contributed by atoms with Gasteiger partial charge in [-0.15, -0.1) is 6.58 Å². The summed E-state index contributed by atoms with van der Waals surface area (Å²) in [7, 11) is 0. The van der Waals surface area contributed by atoms with Gasteiger partial charge in [0.2, 0.25) is 0 Å². The quantitative estimate of drug-likeness (QED) is 0.413. The van der Waals surface area contributed by atoms with Gasteiger partial charge in [0.05, 0.1) is 6.10 Å². The van der Waals surface area contributed by atoms with E-state index in [2.05, 4.69) is 6.58 Å². The van der Waals surface area contributed by atoms with Crippen molar-refractivity contribution in [1.82, 2.24) is 0 Å². The molecule has 1 aliphatic heterocycles. The van der Waals surface area contributed by atoms with Crippen molar-refractivity contribution >= 4 is 17.9 Å². The zero-order valence-corrected chi connectivity index (χ0v) is 13.9. The first-order valence-corrected chi connectivity index (χ1v) is 7.50. The van der Waals surface area contributed by atoms with Crippen LogP contribution in [0.2, 0.25) is 0 Å². The Kier molecular flexibility index (Phi) is 7.22. The molecule has 0 aromatic rings. The van der Waals surface area contributed by atoms with Gasteiger partial charge in [0.1, 0.15) is 18.8 Å². The van der Waals surface area contributed by atoms with E-state index in [0.717, 1.165) is 0 Å². The fraction of sp³-hybridized carbons (Fsp3) is 0.688. The van der Waals surface area contributed by atoms with Crippen molar-refractivity contribution < 1.29 is 33.3 Å². The second-order valence-corrected chi connectivity index (χ2v) is 5.55. The van der Waals surface area contributed by atoms with E-state index in [1.165, 1.54) is 20.8 Å². The predicted molar refractivity (Wildman–Crippen MR) is 80.4 cm³/mol. The van der Waals surface area contributed by atoms with Gasteiger partial charge in [0.15, 0.2) is 6.10 Å². The van der Waals surface area contributed by atoms with Crippen molar-refractivity contribution in [3.8, 4) is 0 Å². The van der Waals surface area contributed by atoms with Crippen LogP contribution in [0, 0.1) is 5.92 Å². The number of esters is 3. The first-order chi connectivity index (χ1) is 10.8. The topological polar surface area (TPSA) is 88.1 Å². The van der Waals surface area contributed by atoms with Crippen LogP contribution in [0.1, 0.15) is 34.1 Å². The summed E-state index contributed by atoms with van der Waals surface area (Å²) in [6.45, 7) is 9.26. The molecule has 130 valence electrons. The minimum atomic E-state index is -0.841. The van der Waals surface area contributed by atoms with Crippen LogP contribution in [0.5, 0.6) is 0 Å². The van der Waals surface area contributed by atoms with Crippen LogP contribution >= 0.6 is 0 Å². The Balaban J connectivity index is 3.04. The molecule has 0 aromatic carbocycles. The molecular formula is C16H24O7. The minimum absolute atomic E-state index is 0.0919. The van der Waals surface area contributed by atoms with E-state index < -0.39 is 36.2 Å². The fourth-order valence-electron chi connectivity index (χ4n) is 2.62. The fourth-order valence-corrected chi connectivity index (χ4v) is 2.62. The number of hydrogen-bond acceptors (Lipinski definition) is 7. The lowest BCUT2D eigenvalue weighted by atomic mass is 9.86. The zero-order chi connectivity index (χ0) is 17.6. The second-order valence-electron chi connectivity index (χ2n) is 5.55.